The van der Waals surface area contributed by atoms with E-state index in [-0.39, 0.29) is 0 Å². The SMILES string of the molecule is COc1ccc(Br)cc1N1CC(C)NCC1C(C)C. The van der Waals surface area contributed by atoms with Crippen LogP contribution in [-0.2, 0) is 0 Å². The first-order valence-electron chi connectivity index (χ1n) is 6.86. The number of methoxy groups -OCH3 is 1. The van der Waals surface area contributed by atoms with Gasteiger partial charge in [0.25, 0.3) is 0 Å². The number of nitrogens with one attached hydrogen (secondary N) is 1. The first kappa shape index (κ1) is 14.7. The summed E-state index contributed by atoms with van der Waals surface area (Å²) in [4.78, 5) is 2.48. The summed E-state index contributed by atoms with van der Waals surface area (Å²) in [6.45, 7) is 8.82. The van der Waals surface area contributed by atoms with Crippen LogP contribution in [0.5, 0.6) is 5.75 Å². The van der Waals surface area contributed by atoms with Crippen molar-refractivity contribution in [2.24, 2.45) is 5.92 Å². The zero-order valence-corrected chi connectivity index (χ0v) is 13.7. The molecule has 1 aromatic carbocycles. The lowest BCUT2D eigenvalue weighted by molar-refractivity contribution is 0.343. The molecule has 2 atom stereocenters. The lowest BCUT2D eigenvalue weighted by Crippen LogP contribution is -2.57. The third-order valence-electron chi connectivity index (χ3n) is 3.77. The molecule has 1 N–H and O–H groups in total. The Morgan fingerprint density at radius 3 is 2.79 bits per heavy atom. The molecule has 1 aliphatic heterocycles. The van der Waals surface area contributed by atoms with Gasteiger partial charge in [0.05, 0.1) is 12.8 Å². The molecule has 3 nitrogen and oxygen atoms in total. The number of anilines is 1. The molecule has 2 rings (SSSR count). The third kappa shape index (κ3) is 3.23. The van der Waals surface area contributed by atoms with Crippen LogP contribution in [0.4, 0.5) is 5.69 Å². The molecule has 0 aromatic heterocycles. The average Bonchev–Trinajstić information content (AvgIpc) is 2.38. The van der Waals surface area contributed by atoms with Gasteiger partial charge in [0.15, 0.2) is 0 Å². The van der Waals surface area contributed by atoms with E-state index in [2.05, 4.69) is 53.0 Å². The van der Waals surface area contributed by atoms with Crippen LogP contribution in [-0.4, -0.2) is 32.3 Å². The molecule has 4 heteroatoms. The van der Waals surface area contributed by atoms with E-state index >= 15 is 0 Å². The van der Waals surface area contributed by atoms with Crippen molar-refractivity contribution >= 4 is 21.6 Å². The van der Waals surface area contributed by atoms with Gasteiger partial charge in [-0.15, -0.1) is 0 Å². The standard InChI is InChI=1S/C15H23BrN2O/c1-10(2)14-8-17-11(3)9-18(14)13-7-12(16)5-6-15(13)19-4/h5-7,10-11,14,17H,8-9H2,1-4H3. The Hall–Kier alpha value is -0.740. The average molecular weight is 327 g/mol. The summed E-state index contributed by atoms with van der Waals surface area (Å²) in [5.74, 6) is 1.55. The molecule has 0 aliphatic carbocycles. The Morgan fingerprint density at radius 2 is 2.16 bits per heavy atom. The first-order valence-corrected chi connectivity index (χ1v) is 7.65. The van der Waals surface area contributed by atoms with Gasteiger partial charge >= 0.3 is 0 Å². The number of rotatable bonds is 3. The second-order valence-electron chi connectivity index (χ2n) is 5.59. The Morgan fingerprint density at radius 1 is 1.42 bits per heavy atom. The van der Waals surface area contributed by atoms with Crippen molar-refractivity contribution in [1.29, 1.82) is 0 Å². The molecule has 0 saturated carbocycles. The van der Waals surface area contributed by atoms with E-state index in [0.29, 0.717) is 18.0 Å². The van der Waals surface area contributed by atoms with Gasteiger partial charge in [-0.25, -0.2) is 0 Å². The Bertz CT molecular complexity index is 436. The number of piperazine rings is 1. The van der Waals surface area contributed by atoms with Crippen LogP contribution >= 0.6 is 15.9 Å². The number of ether oxygens (including phenoxy) is 1. The minimum Gasteiger partial charge on any atom is -0.495 e. The summed E-state index contributed by atoms with van der Waals surface area (Å²) in [7, 11) is 1.74. The van der Waals surface area contributed by atoms with E-state index in [9.17, 15) is 0 Å². The molecule has 1 fully saturated rings. The molecule has 1 saturated heterocycles. The van der Waals surface area contributed by atoms with Crippen LogP contribution in [0.2, 0.25) is 0 Å². The van der Waals surface area contributed by atoms with E-state index < -0.39 is 0 Å². The smallest absolute Gasteiger partial charge is 0.142 e. The number of halogens is 1. The molecule has 1 aliphatic rings. The van der Waals surface area contributed by atoms with Crippen molar-refractivity contribution in [3.05, 3.63) is 22.7 Å². The van der Waals surface area contributed by atoms with E-state index in [1.165, 1.54) is 5.69 Å². The minimum atomic E-state index is 0.499. The molecule has 19 heavy (non-hydrogen) atoms. The predicted octanol–water partition coefficient (Wildman–Crippen LogP) is 3.28. The van der Waals surface area contributed by atoms with Gasteiger partial charge in [0.2, 0.25) is 0 Å². The molecule has 0 spiro atoms. The first-order chi connectivity index (χ1) is 9.02. The highest BCUT2D eigenvalue weighted by atomic mass is 79.9. The molecule has 106 valence electrons. The maximum absolute atomic E-state index is 5.53. The van der Waals surface area contributed by atoms with Gasteiger partial charge in [0, 0.05) is 29.6 Å². The zero-order valence-electron chi connectivity index (χ0n) is 12.1. The number of benzene rings is 1. The van der Waals surface area contributed by atoms with Gasteiger partial charge in [-0.05, 0) is 31.0 Å². The van der Waals surface area contributed by atoms with Gasteiger partial charge < -0.3 is 15.0 Å². The molecule has 0 bridgehead atoms. The summed E-state index contributed by atoms with van der Waals surface area (Å²) >= 11 is 3.57. The van der Waals surface area contributed by atoms with E-state index in [1.807, 2.05) is 12.1 Å². The Balaban J connectivity index is 2.38. The minimum absolute atomic E-state index is 0.499. The van der Waals surface area contributed by atoms with Crippen LogP contribution in [0.15, 0.2) is 22.7 Å². The maximum Gasteiger partial charge on any atom is 0.142 e. The Labute approximate surface area is 124 Å². The highest BCUT2D eigenvalue weighted by molar-refractivity contribution is 9.10. The van der Waals surface area contributed by atoms with Gasteiger partial charge in [-0.1, -0.05) is 29.8 Å². The second-order valence-corrected chi connectivity index (χ2v) is 6.50. The maximum atomic E-state index is 5.53. The highest BCUT2D eigenvalue weighted by Crippen LogP contribution is 2.34. The van der Waals surface area contributed by atoms with Crippen molar-refractivity contribution in [1.82, 2.24) is 5.32 Å². The summed E-state index contributed by atoms with van der Waals surface area (Å²) in [5, 5.41) is 3.57. The van der Waals surface area contributed by atoms with E-state index in [4.69, 9.17) is 4.74 Å². The largest absolute Gasteiger partial charge is 0.495 e. The van der Waals surface area contributed by atoms with Crippen LogP contribution < -0.4 is 15.0 Å². The normalized spacial score (nSPS) is 23.8. The van der Waals surface area contributed by atoms with E-state index in [0.717, 1.165) is 23.3 Å². The fourth-order valence-corrected chi connectivity index (χ4v) is 3.04. The van der Waals surface area contributed by atoms with Gasteiger partial charge in [0.1, 0.15) is 5.75 Å². The second kappa shape index (κ2) is 6.14. The summed E-state index contributed by atoms with van der Waals surface area (Å²) in [5.41, 5.74) is 1.18. The molecule has 0 amide bonds. The Kier molecular flexibility index (Phi) is 4.74. The summed E-state index contributed by atoms with van der Waals surface area (Å²) in [6, 6.07) is 7.21. The zero-order chi connectivity index (χ0) is 14.0. The van der Waals surface area contributed by atoms with Crippen LogP contribution in [0.25, 0.3) is 0 Å². The van der Waals surface area contributed by atoms with Crippen LogP contribution in [0, 0.1) is 5.92 Å². The molecule has 1 aromatic rings. The van der Waals surface area contributed by atoms with Gasteiger partial charge in [-0.2, -0.15) is 0 Å². The predicted molar refractivity (Wildman–Crippen MR) is 84.1 cm³/mol. The fraction of sp³-hybridized carbons (Fsp3) is 0.600. The molecule has 1 heterocycles. The summed E-state index contributed by atoms with van der Waals surface area (Å²) < 4.78 is 6.63. The van der Waals surface area contributed by atoms with Crippen molar-refractivity contribution in [3.8, 4) is 5.75 Å². The topological polar surface area (TPSA) is 24.5 Å². The lowest BCUT2D eigenvalue weighted by atomic mass is 9.98. The van der Waals surface area contributed by atoms with E-state index in [1.54, 1.807) is 7.11 Å². The summed E-state index contributed by atoms with van der Waals surface area (Å²) in [6.07, 6.45) is 0. The molecular weight excluding hydrogens is 304 g/mol. The lowest BCUT2D eigenvalue weighted by Gasteiger charge is -2.43. The highest BCUT2D eigenvalue weighted by Gasteiger charge is 2.29. The number of hydrogen-bond acceptors (Lipinski definition) is 3. The van der Waals surface area contributed by atoms with Crippen molar-refractivity contribution < 1.29 is 4.74 Å². The molecule has 0 radical (unpaired) electrons. The molecule has 2 unspecified atom stereocenters. The molecular formula is C15H23BrN2O. The fourth-order valence-electron chi connectivity index (χ4n) is 2.69. The third-order valence-corrected chi connectivity index (χ3v) is 4.26. The monoisotopic (exact) mass is 326 g/mol. The van der Waals surface area contributed by atoms with Crippen molar-refractivity contribution in [2.45, 2.75) is 32.9 Å². The number of nitrogens with zero attached hydrogens (tertiary/aromatic N) is 1. The van der Waals surface area contributed by atoms with Crippen LogP contribution in [0.3, 0.4) is 0 Å². The number of hydrogen-bond donors (Lipinski definition) is 1. The van der Waals surface area contributed by atoms with Crippen molar-refractivity contribution in [2.75, 3.05) is 25.1 Å². The van der Waals surface area contributed by atoms with Crippen LogP contribution in [0.1, 0.15) is 20.8 Å². The quantitative estimate of drug-likeness (QED) is 0.922. The van der Waals surface area contributed by atoms with Crippen molar-refractivity contribution in [3.63, 3.8) is 0 Å². The van der Waals surface area contributed by atoms with Gasteiger partial charge in [-0.3, -0.25) is 0 Å².